The molecule has 2 saturated carbocycles. The fraction of sp³-hybridized carbons (Fsp3) is 1.00. The quantitative estimate of drug-likeness (QED) is 0.684. The zero-order chi connectivity index (χ0) is 8.66. The number of hydrogen-bond donors (Lipinski definition) is 1. The molecule has 2 aliphatic carbocycles. The zero-order valence-corrected chi connectivity index (χ0v) is 8.10. The molecule has 70 valence electrons. The molecular formula is C11H20O. The fourth-order valence-corrected chi connectivity index (χ4v) is 2.35. The second-order valence-electron chi connectivity index (χ2n) is 4.93. The van der Waals surface area contributed by atoms with Crippen molar-refractivity contribution in [2.75, 3.05) is 0 Å². The molecule has 0 amide bonds. The van der Waals surface area contributed by atoms with Gasteiger partial charge in [0.1, 0.15) is 0 Å². The van der Waals surface area contributed by atoms with Gasteiger partial charge in [-0.2, -0.15) is 0 Å². The molecule has 12 heavy (non-hydrogen) atoms. The summed E-state index contributed by atoms with van der Waals surface area (Å²) >= 11 is 0. The molecule has 0 aromatic carbocycles. The Labute approximate surface area is 75.2 Å². The standard InChI is InChI=1S/C11H20O/c1-2-10(4-3-5-10)6-7-11(12)8-9-11/h12H,2-9H2,1H3. The van der Waals surface area contributed by atoms with E-state index < -0.39 is 0 Å². The lowest BCUT2D eigenvalue weighted by Crippen LogP contribution is -2.30. The summed E-state index contributed by atoms with van der Waals surface area (Å²) in [4.78, 5) is 0. The van der Waals surface area contributed by atoms with Gasteiger partial charge in [0.25, 0.3) is 0 Å². The SMILES string of the molecule is CCC1(CCC2(O)CC2)CCC1. The van der Waals surface area contributed by atoms with Crippen LogP contribution in [0.4, 0.5) is 0 Å². The van der Waals surface area contributed by atoms with Crippen LogP contribution in [0.1, 0.15) is 58.3 Å². The monoisotopic (exact) mass is 168 g/mol. The third-order valence-corrected chi connectivity index (χ3v) is 4.11. The van der Waals surface area contributed by atoms with Gasteiger partial charge < -0.3 is 5.11 Å². The maximum Gasteiger partial charge on any atom is 0.0650 e. The van der Waals surface area contributed by atoms with E-state index in [1.54, 1.807) is 0 Å². The first kappa shape index (κ1) is 8.55. The first-order valence-corrected chi connectivity index (χ1v) is 5.41. The van der Waals surface area contributed by atoms with E-state index in [1.807, 2.05) is 0 Å². The molecule has 0 aliphatic heterocycles. The van der Waals surface area contributed by atoms with Gasteiger partial charge in [0.2, 0.25) is 0 Å². The minimum atomic E-state index is -0.211. The molecule has 2 aliphatic rings. The Balaban J connectivity index is 1.77. The Hall–Kier alpha value is -0.0400. The molecule has 0 spiro atoms. The average Bonchev–Trinajstić information content (AvgIpc) is 2.68. The van der Waals surface area contributed by atoms with Crippen molar-refractivity contribution in [2.24, 2.45) is 5.41 Å². The lowest BCUT2D eigenvalue weighted by molar-refractivity contribution is 0.0652. The Morgan fingerprint density at radius 2 is 1.75 bits per heavy atom. The van der Waals surface area contributed by atoms with Crippen molar-refractivity contribution in [3.8, 4) is 0 Å². The van der Waals surface area contributed by atoms with Crippen LogP contribution in [0.25, 0.3) is 0 Å². The summed E-state index contributed by atoms with van der Waals surface area (Å²) in [6.07, 6.45) is 10.1. The summed E-state index contributed by atoms with van der Waals surface area (Å²) < 4.78 is 0. The first-order valence-electron chi connectivity index (χ1n) is 5.41. The van der Waals surface area contributed by atoms with E-state index in [4.69, 9.17) is 0 Å². The minimum absolute atomic E-state index is 0.211. The summed E-state index contributed by atoms with van der Waals surface area (Å²) in [6, 6.07) is 0. The molecule has 1 nitrogen and oxygen atoms in total. The predicted octanol–water partition coefficient (Wildman–Crippen LogP) is 2.87. The Bertz CT molecular complexity index is 160. The minimum Gasteiger partial charge on any atom is -0.390 e. The third kappa shape index (κ3) is 1.52. The van der Waals surface area contributed by atoms with Crippen molar-refractivity contribution >= 4 is 0 Å². The van der Waals surface area contributed by atoms with Crippen LogP contribution in [-0.4, -0.2) is 10.7 Å². The molecule has 0 heterocycles. The summed E-state index contributed by atoms with van der Waals surface area (Å²) in [5, 5.41) is 9.71. The average molecular weight is 168 g/mol. The van der Waals surface area contributed by atoms with Crippen molar-refractivity contribution in [2.45, 2.75) is 63.9 Å². The van der Waals surface area contributed by atoms with Crippen LogP contribution in [-0.2, 0) is 0 Å². The molecule has 2 rings (SSSR count). The highest BCUT2D eigenvalue weighted by molar-refractivity contribution is 4.96. The second-order valence-corrected chi connectivity index (χ2v) is 4.93. The highest BCUT2D eigenvalue weighted by Crippen LogP contribution is 2.51. The van der Waals surface area contributed by atoms with Gasteiger partial charge in [-0.05, 0) is 43.9 Å². The summed E-state index contributed by atoms with van der Waals surface area (Å²) in [5.74, 6) is 0. The number of hydrogen-bond acceptors (Lipinski definition) is 1. The molecule has 0 unspecified atom stereocenters. The molecular weight excluding hydrogens is 148 g/mol. The van der Waals surface area contributed by atoms with Crippen LogP contribution in [0.15, 0.2) is 0 Å². The largest absolute Gasteiger partial charge is 0.390 e. The maximum absolute atomic E-state index is 9.71. The smallest absolute Gasteiger partial charge is 0.0650 e. The van der Waals surface area contributed by atoms with E-state index in [0.717, 1.165) is 19.3 Å². The van der Waals surface area contributed by atoms with Gasteiger partial charge in [0.15, 0.2) is 0 Å². The van der Waals surface area contributed by atoms with Gasteiger partial charge in [-0.1, -0.05) is 19.8 Å². The van der Waals surface area contributed by atoms with Gasteiger partial charge in [-0.3, -0.25) is 0 Å². The Morgan fingerprint density at radius 1 is 1.08 bits per heavy atom. The van der Waals surface area contributed by atoms with Gasteiger partial charge in [0, 0.05) is 0 Å². The summed E-state index contributed by atoms with van der Waals surface area (Å²) in [7, 11) is 0. The number of aliphatic hydroxyl groups is 1. The maximum atomic E-state index is 9.71. The van der Waals surface area contributed by atoms with E-state index in [2.05, 4.69) is 6.92 Å². The van der Waals surface area contributed by atoms with E-state index in [1.165, 1.54) is 32.1 Å². The van der Waals surface area contributed by atoms with E-state index in [9.17, 15) is 5.11 Å². The molecule has 1 heteroatoms. The van der Waals surface area contributed by atoms with Crippen molar-refractivity contribution in [3.63, 3.8) is 0 Å². The molecule has 0 aromatic rings. The molecule has 2 fully saturated rings. The van der Waals surface area contributed by atoms with Gasteiger partial charge in [-0.15, -0.1) is 0 Å². The van der Waals surface area contributed by atoms with Crippen molar-refractivity contribution < 1.29 is 5.11 Å². The molecule has 0 radical (unpaired) electrons. The van der Waals surface area contributed by atoms with E-state index >= 15 is 0 Å². The van der Waals surface area contributed by atoms with Crippen molar-refractivity contribution in [1.82, 2.24) is 0 Å². The fourth-order valence-electron chi connectivity index (χ4n) is 2.35. The van der Waals surface area contributed by atoms with E-state index in [0.29, 0.717) is 5.41 Å². The topological polar surface area (TPSA) is 20.2 Å². The highest BCUT2D eigenvalue weighted by atomic mass is 16.3. The van der Waals surface area contributed by atoms with Crippen LogP contribution in [0.3, 0.4) is 0 Å². The van der Waals surface area contributed by atoms with Gasteiger partial charge in [0.05, 0.1) is 5.60 Å². The molecule has 0 atom stereocenters. The van der Waals surface area contributed by atoms with Crippen LogP contribution in [0.5, 0.6) is 0 Å². The second kappa shape index (κ2) is 2.73. The van der Waals surface area contributed by atoms with Crippen LogP contribution >= 0.6 is 0 Å². The predicted molar refractivity (Wildman–Crippen MR) is 50.0 cm³/mol. The van der Waals surface area contributed by atoms with Crippen LogP contribution in [0.2, 0.25) is 0 Å². The lowest BCUT2D eigenvalue weighted by atomic mass is 9.64. The summed E-state index contributed by atoms with van der Waals surface area (Å²) in [6.45, 7) is 2.30. The summed E-state index contributed by atoms with van der Waals surface area (Å²) in [5.41, 5.74) is 0.441. The molecule has 0 saturated heterocycles. The Kier molecular flexibility index (Phi) is 1.95. The third-order valence-electron chi connectivity index (χ3n) is 4.11. The van der Waals surface area contributed by atoms with Crippen LogP contribution in [0, 0.1) is 5.41 Å². The molecule has 0 bridgehead atoms. The first-order chi connectivity index (χ1) is 5.68. The van der Waals surface area contributed by atoms with Crippen LogP contribution < -0.4 is 0 Å². The van der Waals surface area contributed by atoms with E-state index in [-0.39, 0.29) is 5.60 Å². The normalized spacial score (nSPS) is 29.5. The zero-order valence-electron chi connectivity index (χ0n) is 8.10. The van der Waals surface area contributed by atoms with Gasteiger partial charge >= 0.3 is 0 Å². The van der Waals surface area contributed by atoms with Crippen molar-refractivity contribution in [3.05, 3.63) is 0 Å². The highest BCUT2D eigenvalue weighted by Gasteiger charge is 2.43. The molecule has 1 N–H and O–H groups in total. The van der Waals surface area contributed by atoms with Crippen molar-refractivity contribution in [1.29, 1.82) is 0 Å². The lowest BCUT2D eigenvalue weighted by Gasteiger charge is -2.42. The Morgan fingerprint density at radius 3 is 2.08 bits per heavy atom. The molecule has 0 aromatic heterocycles. The number of rotatable bonds is 4. The van der Waals surface area contributed by atoms with Gasteiger partial charge in [-0.25, -0.2) is 0 Å².